The van der Waals surface area contributed by atoms with Crippen LogP contribution in [-0.4, -0.2) is 66.3 Å². The quantitative estimate of drug-likeness (QED) is 0.767. The molecule has 1 unspecified atom stereocenters. The van der Waals surface area contributed by atoms with Gasteiger partial charge in [-0.05, 0) is 25.2 Å². The highest BCUT2D eigenvalue weighted by atomic mass is 19.3. The maximum Gasteiger partial charge on any atom is 0.352 e. The Morgan fingerprint density at radius 1 is 1.50 bits per heavy atom. The molecule has 2 aliphatic rings. The van der Waals surface area contributed by atoms with Crippen molar-refractivity contribution in [1.29, 1.82) is 0 Å². The number of halogens is 2. The molecule has 1 aliphatic heterocycles. The van der Waals surface area contributed by atoms with Gasteiger partial charge >= 0.3 is 5.92 Å². The number of alkyl halides is 2. The van der Waals surface area contributed by atoms with E-state index in [1.807, 2.05) is 0 Å². The molecule has 0 spiro atoms. The van der Waals surface area contributed by atoms with Crippen LogP contribution in [0.2, 0.25) is 0 Å². The fraction of sp³-hybridized carbons (Fsp3) is 0.933. The highest BCUT2D eigenvalue weighted by molar-refractivity contribution is 5.85. The molecule has 2 fully saturated rings. The summed E-state index contributed by atoms with van der Waals surface area (Å²) in [4.78, 5) is 13.9. The summed E-state index contributed by atoms with van der Waals surface area (Å²) >= 11 is 0. The normalized spacial score (nSPS) is 25.8. The molecule has 0 aromatic rings. The summed E-state index contributed by atoms with van der Waals surface area (Å²) in [5, 5.41) is 12.0. The Hall–Kier alpha value is -0.790. The van der Waals surface area contributed by atoms with Crippen molar-refractivity contribution in [3.8, 4) is 0 Å². The Morgan fingerprint density at radius 3 is 2.73 bits per heavy atom. The van der Waals surface area contributed by atoms with Crippen molar-refractivity contribution in [2.75, 3.05) is 32.8 Å². The second kappa shape index (κ2) is 6.76. The summed E-state index contributed by atoms with van der Waals surface area (Å²) in [7, 11) is 0. The van der Waals surface area contributed by atoms with Gasteiger partial charge in [0.2, 0.25) is 0 Å². The second-order valence-corrected chi connectivity index (χ2v) is 6.82. The fourth-order valence-electron chi connectivity index (χ4n) is 2.94. The van der Waals surface area contributed by atoms with Gasteiger partial charge in [0, 0.05) is 26.2 Å². The molecule has 1 heterocycles. The van der Waals surface area contributed by atoms with Crippen LogP contribution >= 0.6 is 0 Å². The predicted molar refractivity (Wildman–Crippen MR) is 77.8 cm³/mol. The van der Waals surface area contributed by atoms with Gasteiger partial charge < -0.3 is 15.2 Å². The van der Waals surface area contributed by atoms with Crippen LogP contribution in [-0.2, 0) is 9.53 Å². The Morgan fingerprint density at radius 2 is 2.18 bits per heavy atom. The Bertz CT molecular complexity index is 400. The molecule has 0 bridgehead atoms. The van der Waals surface area contributed by atoms with E-state index >= 15 is 0 Å². The number of carbonyl (C=O) groups excluding carboxylic acids is 1. The molecule has 1 atom stereocenters. The number of hydrogen-bond acceptors (Lipinski definition) is 4. The zero-order valence-corrected chi connectivity index (χ0v) is 13.3. The van der Waals surface area contributed by atoms with Crippen molar-refractivity contribution < 1.29 is 23.4 Å². The van der Waals surface area contributed by atoms with Crippen LogP contribution in [0.1, 0.15) is 33.1 Å². The van der Waals surface area contributed by atoms with Gasteiger partial charge in [0.1, 0.15) is 5.60 Å². The lowest BCUT2D eigenvalue weighted by Gasteiger charge is -2.41. The van der Waals surface area contributed by atoms with Crippen LogP contribution in [0, 0.1) is 5.92 Å². The standard InChI is InChI=1S/C15H26F2N2O3/c1-11(2)9-19-6-7-22-12(10-19)8-18-13(20)15(16,17)14(21)4-3-5-14/h11-12,21H,3-10H2,1-2H3,(H,18,20). The fourth-order valence-corrected chi connectivity index (χ4v) is 2.94. The van der Waals surface area contributed by atoms with Gasteiger partial charge in [0.25, 0.3) is 5.91 Å². The van der Waals surface area contributed by atoms with Gasteiger partial charge in [-0.25, -0.2) is 0 Å². The lowest BCUT2D eigenvalue weighted by molar-refractivity contribution is -0.216. The molecule has 22 heavy (non-hydrogen) atoms. The summed E-state index contributed by atoms with van der Waals surface area (Å²) in [5.41, 5.74) is -2.17. The summed E-state index contributed by atoms with van der Waals surface area (Å²) in [6.45, 7) is 7.17. The number of ether oxygens (including phenoxy) is 1. The molecule has 1 aliphatic carbocycles. The lowest BCUT2D eigenvalue weighted by Crippen LogP contribution is -2.61. The van der Waals surface area contributed by atoms with Crippen molar-refractivity contribution in [3.05, 3.63) is 0 Å². The molecule has 5 nitrogen and oxygen atoms in total. The third kappa shape index (κ3) is 3.75. The minimum Gasteiger partial charge on any atom is -0.383 e. The van der Waals surface area contributed by atoms with Crippen molar-refractivity contribution in [1.82, 2.24) is 10.2 Å². The molecule has 0 radical (unpaired) electrons. The predicted octanol–water partition coefficient (Wildman–Crippen LogP) is 1.01. The minimum absolute atomic E-state index is 0.0322. The number of amides is 1. The number of nitrogens with one attached hydrogen (secondary N) is 1. The molecule has 1 amide bonds. The van der Waals surface area contributed by atoms with E-state index < -0.39 is 17.4 Å². The van der Waals surface area contributed by atoms with Gasteiger partial charge in [-0.2, -0.15) is 8.78 Å². The van der Waals surface area contributed by atoms with E-state index in [0.29, 0.717) is 25.5 Å². The third-order valence-corrected chi connectivity index (χ3v) is 4.39. The van der Waals surface area contributed by atoms with E-state index in [1.165, 1.54) is 0 Å². The van der Waals surface area contributed by atoms with Crippen LogP contribution in [0.15, 0.2) is 0 Å². The minimum atomic E-state index is -3.74. The smallest absolute Gasteiger partial charge is 0.352 e. The Labute approximate surface area is 130 Å². The van der Waals surface area contributed by atoms with Crippen LogP contribution in [0.4, 0.5) is 8.78 Å². The SMILES string of the molecule is CC(C)CN1CCOC(CNC(=O)C(F)(F)C2(O)CCC2)C1. The van der Waals surface area contributed by atoms with Crippen LogP contribution in [0.5, 0.6) is 0 Å². The van der Waals surface area contributed by atoms with Crippen LogP contribution < -0.4 is 5.32 Å². The summed E-state index contributed by atoms with van der Waals surface area (Å²) in [5.74, 6) is -4.62. The maximum absolute atomic E-state index is 13.9. The maximum atomic E-state index is 13.9. The highest BCUT2D eigenvalue weighted by Gasteiger charge is 2.61. The molecule has 2 N–H and O–H groups in total. The molecule has 7 heteroatoms. The number of nitrogens with zero attached hydrogens (tertiary/aromatic N) is 1. The zero-order valence-electron chi connectivity index (χ0n) is 13.3. The Balaban J connectivity index is 1.80. The average molecular weight is 320 g/mol. The topological polar surface area (TPSA) is 61.8 Å². The van der Waals surface area contributed by atoms with E-state index in [1.54, 1.807) is 0 Å². The van der Waals surface area contributed by atoms with E-state index in [9.17, 15) is 18.7 Å². The highest BCUT2D eigenvalue weighted by Crippen LogP contribution is 2.44. The first-order valence-electron chi connectivity index (χ1n) is 7.97. The van der Waals surface area contributed by atoms with Crippen molar-refractivity contribution in [2.45, 2.75) is 50.7 Å². The van der Waals surface area contributed by atoms with E-state index in [4.69, 9.17) is 4.74 Å². The van der Waals surface area contributed by atoms with E-state index in [0.717, 1.165) is 13.1 Å². The molecule has 1 saturated carbocycles. The molecule has 0 aromatic heterocycles. The van der Waals surface area contributed by atoms with Gasteiger partial charge in [-0.1, -0.05) is 13.8 Å². The third-order valence-electron chi connectivity index (χ3n) is 4.39. The lowest BCUT2D eigenvalue weighted by atomic mass is 9.75. The second-order valence-electron chi connectivity index (χ2n) is 6.82. The first-order valence-corrected chi connectivity index (χ1v) is 7.97. The van der Waals surface area contributed by atoms with E-state index in [-0.39, 0.29) is 25.5 Å². The molecule has 1 saturated heterocycles. The van der Waals surface area contributed by atoms with Gasteiger partial charge in [-0.15, -0.1) is 0 Å². The van der Waals surface area contributed by atoms with Crippen LogP contribution in [0.3, 0.4) is 0 Å². The molecular formula is C15H26F2N2O3. The number of hydrogen-bond donors (Lipinski definition) is 2. The van der Waals surface area contributed by atoms with Gasteiger partial charge in [0.05, 0.1) is 12.7 Å². The first-order chi connectivity index (χ1) is 10.2. The Kier molecular flexibility index (Phi) is 5.40. The summed E-state index contributed by atoms with van der Waals surface area (Å²) < 4.78 is 33.4. The van der Waals surface area contributed by atoms with Gasteiger partial charge in [-0.3, -0.25) is 9.69 Å². The van der Waals surface area contributed by atoms with Crippen LogP contribution in [0.25, 0.3) is 0 Å². The summed E-state index contributed by atoms with van der Waals surface area (Å²) in [6, 6.07) is 0. The molecule has 2 rings (SSSR count). The van der Waals surface area contributed by atoms with Crippen molar-refractivity contribution in [2.24, 2.45) is 5.92 Å². The molecule has 128 valence electrons. The number of morpholine rings is 1. The largest absolute Gasteiger partial charge is 0.383 e. The molecule has 0 aromatic carbocycles. The number of aliphatic hydroxyl groups is 1. The first kappa shape index (κ1) is 17.6. The molecular weight excluding hydrogens is 294 g/mol. The monoisotopic (exact) mass is 320 g/mol. The van der Waals surface area contributed by atoms with E-state index in [2.05, 4.69) is 24.1 Å². The number of carbonyl (C=O) groups is 1. The zero-order chi connectivity index (χ0) is 16.4. The van der Waals surface area contributed by atoms with Crippen molar-refractivity contribution in [3.63, 3.8) is 0 Å². The number of rotatable bonds is 6. The van der Waals surface area contributed by atoms with Crippen molar-refractivity contribution >= 4 is 5.91 Å². The van der Waals surface area contributed by atoms with Gasteiger partial charge in [0.15, 0.2) is 0 Å². The summed E-state index contributed by atoms with van der Waals surface area (Å²) in [6.07, 6.45) is 0.170. The average Bonchev–Trinajstić information content (AvgIpc) is 2.41.